The minimum Gasteiger partial charge on any atom is -0.481 e. The molecule has 0 aliphatic carbocycles. The molecule has 1 amide bonds. The number of ether oxygens (including phenoxy) is 1. The molecular weight excluding hydrogens is 190 g/mol. The van der Waals surface area contributed by atoms with Gasteiger partial charge >= 0.3 is 12.1 Å². The first-order valence-corrected chi connectivity index (χ1v) is 4.35. The highest BCUT2D eigenvalue weighted by atomic mass is 16.5. The Balaban J connectivity index is 0.000000255. The standard InChI is InChI=1S/C4H7NO3.C4H8O2/c6-4(7)5-1-2-8-3-5;1-2-3-4(5)6/h1-3H2,(H,6,7);2-3H2,1H3,(H,5,6). The molecule has 0 radical (unpaired) electrons. The van der Waals surface area contributed by atoms with Crippen LogP contribution in [0.2, 0.25) is 0 Å². The van der Waals surface area contributed by atoms with Gasteiger partial charge in [-0.05, 0) is 6.42 Å². The fourth-order valence-electron chi connectivity index (χ4n) is 0.779. The predicted molar refractivity (Wildman–Crippen MR) is 48.1 cm³/mol. The highest BCUT2D eigenvalue weighted by Gasteiger charge is 2.15. The molecule has 14 heavy (non-hydrogen) atoms. The van der Waals surface area contributed by atoms with Gasteiger partial charge in [0.25, 0.3) is 0 Å². The van der Waals surface area contributed by atoms with Crippen LogP contribution in [-0.4, -0.2) is 47.1 Å². The van der Waals surface area contributed by atoms with Gasteiger partial charge in [0.2, 0.25) is 0 Å². The third-order valence-corrected chi connectivity index (χ3v) is 1.49. The summed E-state index contributed by atoms with van der Waals surface area (Å²) in [5, 5.41) is 16.2. The van der Waals surface area contributed by atoms with Crippen molar-refractivity contribution in [3.63, 3.8) is 0 Å². The summed E-state index contributed by atoms with van der Waals surface area (Å²) >= 11 is 0. The number of aliphatic carboxylic acids is 1. The second kappa shape index (κ2) is 7.14. The van der Waals surface area contributed by atoms with E-state index >= 15 is 0 Å². The van der Waals surface area contributed by atoms with Crippen LogP contribution in [0.1, 0.15) is 19.8 Å². The van der Waals surface area contributed by atoms with E-state index in [2.05, 4.69) is 0 Å². The summed E-state index contributed by atoms with van der Waals surface area (Å²) in [6, 6.07) is 0. The number of nitrogens with zero attached hydrogens (tertiary/aromatic N) is 1. The Kier molecular flexibility index (Phi) is 6.47. The van der Waals surface area contributed by atoms with E-state index in [1.54, 1.807) is 0 Å². The van der Waals surface area contributed by atoms with E-state index in [0.717, 1.165) is 6.42 Å². The molecule has 0 aromatic carbocycles. The molecule has 1 saturated heterocycles. The number of carboxylic acids is 1. The van der Waals surface area contributed by atoms with Gasteiger partial charge in [0.05, 0.1) is 6.61 Å². The largest absolute Gasteiger partial charge is 0.481 e. The van der Waals surface area contributed by atoms with Crippen molar-refractivity contribution in [1.29, 1.82) is 0 Å². The molecular formula is C8H15NO5. The molecule has 1 fully saturated rings. The number of carboxylic acid groups (broad SMARTS) is 2. The van der Waals surface area contributed by atoms with Crippen LogP contribution in [0.25, 0.3) is 0 Å². The Morgan fingerprint density at radius 2 is 2.07 bits per heavy atom. The maximum absolute atomic E-state index is 10.0. The zero-order chi connectivity index (χ0) is 11.0. The molecule has 1 aliphatic heterocycles. The zero-order valence-corrected chi connectivity index (χ0v) is 8.10. The van der Waals surface area contributed by atoms with Gasteiger partial charge in [-0.3, -0.25) is 9.69 Å². The van der Waals surface area contributed by atoms with Crippen molar-refractivity contribution >= 4 is 12.1 Å². The van der Waals surface area contributed by atoms with Crippen LogP contribution in [-0.2, 0) is 9.53 Å². The summed E-state index contributed by atoms with van der Waals surface area (Å²) in [6.45, 7) is 3.12. The van der Waals surface area contributed by atoms with Gasteiger partial charge in [0.15, 0.2) is 0 Å². The second-order valence-corrected chi connectivity index (χ2v) is 2.73. The summed E-state index contributed by atoms with van der Waals surface area (Å²) in [6.07, 6.45) is 0.123. The lowest BCUT2D eigenvalue weighted by molar-refractivity contribution is -0.137. The molecule has 82 valence electrons. The van der Waals surface area contributed by atoms with Crippen LogP contribution in [0.3, 0.4) is 0 Å². The van der Waals surface area contributed by atoms with Gasteiger partial charge in [-0.15, -0.1) is 0 Å². The molecule has 0 aromatic heterocycles. The smallest absolute Gasteiger partial charge is 0.409 e. The lowest BCUT2D eigenvalue weighted by Gasteiger charge is -2.05. The molecule has 6 heteroatoms. The molecule has 0 atom stereocenters. The second-order valence-electron chi connectivity index (χ2n) is 2.73. The van der Waals surface area contributed by atoms with E-state index in [0.29, 0.717) is 19.6 Å². The van der Waals surface area contributed by atoms with Crippen LogP contribution >= 0.6 is 0 Å². The Morgan fingerprint density at radius 3 is 2.21 bits per heavy atom. The number of rotatable bonds is 2. The SMILES string of the molecule is CCCC(=O)O.O=C(O)N1CCOC1. The number of amides is 1. The third-order valence-electron chi connectivity index (χ3n) is 1.49. The van der Waals surface area contributed by atoms with Gasteiger partial charge in [-0.2, -0.15) is 0 Å². The fraction of sp³-hybridized carbons (Fsp3) is 0.750. The minimum absolute atomic E-state index is 0.231. The minimum atomic E-state index is -0.900. The molecule has 1 heterocycles. The molecule has 0 unspecified atom stereocenters. The Bertz CT molecular complexity index is 188. The summed E-state index contributed by atoms with van der Waals surface area (Å²) in [5.41, 5.74) is 0. The zero-order valence-electron chi connectivity index (χ0n) is 8.10. The van der Waals surface area contributed by atoms with Crippen molar-refractivity contribution in [3.05, 3.63) is 0 Å². The van der Waals surface area contributed by atoms with E-state index < -0.39 is 12.1 Å². The van der Waals surface area contributed by atoms with Crippen molar-refractivity contribution in [1.82, 2.24) is 4.90 Å². The quantitative estimate of drug-likeness (QED) is 0.697. The highest BCUT2D eigenvalue weighted by molar-refractivity contribution is 5.66. The Labute approximate surface area is 82.1 Å². The molecule has 0 bridgehead atoms. The van der Waals surface area contributed by atoms with Crippen molar-refractivity contribution in [2.24, 2.45) is 0 Å². The van der Waals surface area contributed by atoms with E-state index in [1.807, 2.05) is 6.92 Å². The predicted octanol–water partition coefficient (Wildman–Crippen LogP) is 0.825. The van der Waals surface area contributed by atoms with Crippen LogP contribution in [0.15, 0.2) is 0 Å². The molecule has 0 saturated carbocycles. The van der Waals surface area contributed by atoms with E-state index in [-0.39, 0.29) is 6.73 Å². The van der Waals surface area contributed by atoms with Gasteiger partial charge in [0.1, 0.15) is 6.73 Å². The molecule has 2 N–H and O–H groups in total. The summed E-state index contributed by atoms with van der Waals surface area (Å²) in [4.78, 5) is 20.9. The lowest BCUT2D eigenvalue weighted by Crippen LogP contribution is -2.25. The maximum atomic E-state index is 10.0. The molecule has 0 aromatic rings. The van der Waals surface area contributed by atoms with Gasteiger partial charge < -0.3 is 14.9 Å². The maximum Gasteiger partial charge on any atom is 0.409 e. The fourth-order valence-corrected chi connectivity index (χ4v) is 0.779. The molecule has 1 rings (SSSR count). The topological polar surface area (TPSA) is 87.1 Å². The third kappa shape index (κ3) is 6.24. The van der Waals surface area contributed by atoms with Crippen molar-refractivity contribution in [2.75, 3.05) is 19.9 Å². The number of hydrogen-bond acceptors (Lipinski definition) is 3. The Morgan fingerprint density at radius 1 is 1.43 bits per heavy atom. The number of carbonyl (C=O) groups is 2. The summed E-state index contributed by atoms with van der Waals surface area (Å²) < 4.78 is 4.76. The lowest BCUT2D eigenvalue weighted by atomic mass is 10.4. The number of hydrogen-bond donors (Lipinski definition) is 2. The van der Waals surface area contributed by atoms with Gasteiger partial charge in [-0.1, -0.05) is 6.92 Å². The molecule has 1 aliphatic rings. The van der Waals surface area contributed by atoms with Crippen LogP contribution in [0, 0.1) is 0 Å². The van der Waals surface area contributed by atoms with Crippen LogP contribution < -0.4 is 0 Å². The molecule has 6 nitrogen and oxygen atoms in total. The van der Waals surface area contributed by atoms with E-state index in [1.165, 1.54) is 4.90 Å². The monoisotopic (exact) mass is 205 g/mol. The highest BCUT2D eigenvalue weighted by Crippen LogP contribution is 1.97. The average Bonchev–Trinajstić information content (AvgIpc) is 2.56. The van der Waals surface area contributed by atoms with Crippen molar-refractivity contribution in [2.45, 2.75) is 19.8 Å². The first kappa shape index (κ1) is 12.7. The first-order chi connectivity index (χ1) is 6.57. The summed E-state index contributed by atoms with van der Waals surface area (Å²) in [7, 11) is 0. The summed E-state index contributed by atoms with van der Waals surface area (Å²) in [5.74, 6) is -0.711. The van der Waals surface area contributed by atoms with Crippen LogP contribution in [0.4, 0.5) is 4.79 Å². The van der Waals surface area contributed by atoms with Crippen molar-refractivity contribution < 1.29 is 24.5 Å². The van der Waals surface area contributed by atoms with E-state index in [9.17, 15) is 9.59 Å². The Hall–Kier alpha value is -1.30. The average molecular weight is 205 g/mol. The van der Waals surface area contributed by atoms with E-state index in [4.69, 9.17) is 14.9 Å². The molecule has 0 spiro atoms. The first-order valence-electron chi connectivity index (χ1n) is 4.35. The van der Waals surface area contributed by atoms with Crippen molar-refractivity contribution in [3.8, 4) is 0 Å². The normalized spacial score (nSPS) is 14.5. The van der Waals surface area contributed by atoms with Gasteiger partial charge in [-0.25, -0.2) is 4.79 Å². The van der Waals surface area contributed by atoms with Crippen LogP contribution in [0.5, 0.6) is 0 Å². The van der Waals surface area contributed by atoms with Gasteiger partial charge in [0, 0.05) is 13.0 Å².